The highest BCUT2D eigenvalue weighted by atomic mass is 16.5. The molecular weight excluding hydrogens is 370 g/mol. The summed E-state index contributed by atoms with van der Waals surface area (Å²) in [6.07, 6.45) is 3.71. The van der Waals surface area contributed by atoms with Crippen LogP contribution in [0.3, 0.4) is 0 Å². The summed E-state index contributed by atoms with van der Waals surface area (Å²) in [4.78, 5) is 13.7. The molecule has 0 aromatic heterocycles. The molecule has 154 valence electrons. The van der Waals surface area contributed by atoms with Gasteiger partial charge in [-0.1, -0.05) is 60.7 Å². The fourth-order valence-electron chi connectivity index (χ4n) is 4.09. The second-order valence-electron chi connectivity index (χ2n) is 8.38. The van der Waals surface area contributed by atoms with Crippen LogP contribution in [0.1, 0.15) is 29.5 Å². The molecule has 0 saturated heterocycles. The molecule has 1 amide bonds. The van der Waals surface area contributed by atoms with Gasteiger partial charge in [-0.25, -0.2) is 0 Å². The van der Waals surface area contributed by atoms with E-state index in [1.807, 2.05) is 20.2 Å². The van der Waals surface area contributed by atoms with E-state index >= 15 is 0 Å². The Kier molecular flexibility index (Phi) is 6.18. The monoisotopic (exact) mass is 399 g/mol. The van der Waals surface area contributed by atoms with Crippen molar-refractivity contribution in [1.29, 1.82) is 0 Å². The third-order valence-electron chi connectivity index (χ3n) is 5.94. The molecule has 30 heavy (non-hydrogen) atoms. The molecule has 0 spiro atoms. The van der Waals surface area contributed by atoms with Crippen LogP contribution in [0.25, 0.3) is 11.1 Å². The van der Waals surface area contributed by atoms with Crippen LogP contribution in [-0.4, -0.2) is 24.9 Å². The van der Waals surface area contributed by atoms with Crippen molar-refractivity contribution in [2.45, 2.75) is 32.3 Å². The van der Waals surface area contributed by atoms with Gasteiger partial charge in [-0.05, 0) is 65.1 Å². The van der Waals surface area contributed by atoms with Gasteiger partial charge in [0.2, 0.25) is 5.91 Å². The Morgan fingerprint density at radius 1 is 0.933 bits per heavy atom. The minimum atomic E-state index is 0.224. The number of amides is 1. The lowest BCUT2D eigenvalue weighted by Crippen LogP contribution is -2.26. The van der Waals surface area contributed by atoms with Gasteiger partial charge in [0, 0.05) is 20.5 Å². The van der Waals surface area contributed by atoms with Crippen molar-refractivity contribution in [3.63, 3.8) is 0 Å². The molecule has 0 N–H and O–H groups in total. The maximum Gasteiger partial charge on any atom is 0.222 e. The first-order valence-corrected chi connectivity index (χ1v) is 10.7. The van der Waals surface area contributed by atoms with Crippen molar-refractivity contribution < 1.29 is 9.53 Å². The van der Waals surface area contributed by atoms with Gasteiger partial charge < -0.3 is 9.64 Å². The minimum Gasteiger partial charge on any atom is -0.489 e. The van der Waals surface area contributed by atoms with E-state index in [-0.39, 0.29) is 5.91 Å². The summed E-state index contributed by atoms with van der Waals surface area (Å²) in [5.74, 6) is 1.59. The number of nitrogens with zero attached hydrogens (tertiary/aromatic N) is 1. The number of aryl methyl sites for hydroxylation is 1. The van der Waals surface area contributed by atoms with Crippen molar-refractivity contribution in [3.8, 4) is 16.9 Å². The zero-order valence-electron chi connectivity index (χ0n) is 17.8. The largest absolute Gasteiger partial charge is 0.489 e. The number of carbonyl (C=O) groups is 1. The molecule has 1 aliphatic carbocycles. The zero-order chi connectivity index (χ0) is 20.9. The van der Waals surface area contributed by atoms with E-state index in [9.17, 15) is 4.79 Å². The van der Waals surface area contributed by atoms with E-state index in [2.05, 4.69) is 66.7 Å². The lowest BCUT2D eigenvalue weighted by molar-refractivity contribution is -0.129. The van der Waals surface area contributed by atoms with E-state index < -0.39 is 0 Å². The van der Waals surface area contributed by atoms with Crippen LogP contribution in [0.5, 0.6) is 5.75 Å². The average molecular weight is 400 g/mol. The number of rotatable bonds is 6. The standard InChI is InChI=1S/C27H29NO2/c1-28(2)27(29)17-21-10-13-25-18-26(15-14-24(25)16-21)30-19-20-8-11-23(12-9-20)22-6-4-3-5-7-22/h3-9,11-12,14-15,18,21H,10,13,16-17,19H2,1-2H3. The molecule has 0 saturated carbocycles. The Balaban J connectivity index is 1.35. The lowest BCUT2D eigenvalue weighted by atomic mass is 9.82. The average Bonchev–Trinajstić information content (AvgIpc) is 2.78. The van der Waals surface area contributed by atoms with E-state index in [0.29, 0.717) is 18.9 Å². The number of ether oxygens (including phenoxy) is 1. The number of hydrogen-bond acceptors (Lipinski definition) is 2. The van der Waals surface area contributed by atoms with Gasteiger partial charge in [0.15, 0.2) is 0 Å². The van der Waals surface area contributed by atoms with Gasteiger partial charge in [-0.15, -0.1) is 0 Å². The molecule has 1 atom stereocenters. The third-order valence-corrected chi connectivity index (χ3v) is 5.94. The van der Waals surface area contributed by atoms with Crippen LogP contribution >= 0.6 is 0 Å². The molecule has 3 heteroatoms. The normalized spacial score (nSPS) is 15.3. The van der Waals surface area contributed by atoms with Crippen molar-refractivity contribution in [2.75, 3.05) is 14.1 Å². The molecule has 3 aromatic carbocycles. The number of hydrogen-bond donors (Lipinski definition) is 0. The minimum absolute atomic E-state index is 0.224. The van der Waals surface area contributed by atoms with Gasteiger partial charge in [0.1, 0.15) is 12.4 Å². The zero-order valence-corrected chi connectivity index (χ0v) is 17.8. The highest BCUT2D eigenvalue weighted by Gasteiger charge is 2.22. The van der Waals surface area contributed by atoms with Crippen LogP contribution in [0, 0.1) is 5.92 Å². The fraction of sp³-hybridized carbons (Fsp3) is 0.296. The first-order valence-electron chi connectivity index (χ1n) is 10.7. The Hall–Kier alpha value is -3.07. The first-order chi connectivity index (χ1) is 14.6. The van der Waals surface area contributed by atoms with Crippen LogP contribution < -0.4 is 4.74 Å². The van der Waals surface area contributed by atoms with Crippen LogP contribution in [0.2, 0.25) is 0 Å². The predicted octanol–water partition coefficient (Wildman–Crippen LogP) is 5.52. The summed E-state index contributed by atoms with van der Waals surface area (Å²) < 4.78 is 6.07. The number of carbonyl (C=O) groups excluding carboxylic acids is 1. The van der Waals surface area contributed by atoms with Crippen LogP contribution in [0.15, 0.2) is 72.8 Å². The van der Waals surface area contributed by atoms with E-state index in [4.69, 9.17) is 4.74 Å². The summed E-state index contributed by atoms with van der Waals surface area (Å²) >= 11 is 0. The molecule has 0 bridgehead atoms. The molecule has 4 rings (SSSR count). The van der Waals surface area contributed by atoms with Crippen molar-refractivity contribution in [1.82, 2.24) is 4.90 Å². The molecule has 1 unspecified atom stereocenters. The van der Waals surface area contributed by atoms with Crippen LogP contribution in [0.4, 0.5) is 0 Å². The first kappa shape index (κ1) is 20.2. The van der Waals surface area contributed by atoms with E-state index in [1.54, 1.807) is 4.90 Å². The predicted molar refractivity (Wildman–Crippen MR) is 121 cm³/mol. The summed E-state index contributed by atoms with van der Waals surface area (Å²) in [5, 5.41) is 0. The summed E-state index contributed by atoms with van der Waals surface area (Å²) in [6, 6.07) is 25.4. The van der Waals surface area contributed by atoms with E-state index in [1.165, 1.54) is 22.3 Å². The van der Waals surface area contributed by atoms with E-state index in [0.717, 1.165) is 30.6 Å². The third kappa shape index (κ3) is 4.91. The molecule has 1 aliphatic rings. The van der Waals surface area contributed by atoms with Gasteiger partial charge >= 0.3 is 0 Å². The Morgan fingerprint density at radius 3 is 2.40 bits per heavy atom. The highest BCUT2D eigenvalue weighted by molar-refractivity contribution is 5.75. The molecular formula is C27H29NO2. The van der Waals surface area contributed by atoms with Crippen molar-refractivity contribution >= 4 is 5.91 Å². The second kappa shape index (κ2) is 9.17. The maximum atomic E-state index is 12.0. The number of fused-ring (bicyclic) bond motifs is 1. The van der Waals surface area contributed by atoms with Gasteiger partial charge in [0.05, 0.1) is 0 Å². The van der Waals surface area contributed by atoms with Crippen molar-refractivity contribution in [3.05, 3.63) is 89.5 Å². The second-order valence-corrected chi connectivity index (χ2v) is 8.38. The summed E-state index contributed by atoms with van der Waals surface area (Å²) in [7, 11) is 3.66. The Morgan fingerprint density at radius 2 is 1.67 bits per heavy atom. The smallest absolute Gasteiger partial charge is 0.222 e. The molecule has 0 heterocycles. The highest BCUT2D eigenvalue weighted by Crippen LogP contribution is 2.31. The fourth-order valence-corrected chi connectivity index (χ4v) is 4.09. The number of benzene rings is 3. The Labute approximate surface area is 179 Å². The molecule has 0 fully saturated rings. The van der Waals surface area contributed by atoms with Gasteiger partial charge in [0.25, 0.3) is 0 Å². The molecule has 0 radical (unpaired) electrons. The van der Waals surface area contributed by atoms with Gasteiger partial charge in [-0.3, -0.25) is 4.79 Å². The SMILES string of the molecule is CN(C)C(=O)CC1CCc2cc(OCc3ccc(-c4ccccc4)cc3)ccc2C1. The lowest BCUT2D eigenvalue weighted by Gasteiger charge is -2.25. The Bertz CT molecular complexity index is 993. The molecule has 3 nitrogen and oxygen atoms in total. The van der Waals surface area contributed by atoms with Crippen LogP contribution in [-0.2, 0) is 24.2 Å². The summed E-state index contributed by atoms with van der Waals surface area (Å²) in [6.45, 7) is 0.563. The molecule has 0 aliphatic heterocycles. The quantitative estimate of drug-likeness (QED) is 0.546. The summed E-state index contributed by atoms with van der Waals surface area (Å²) in [5.41, 5.74) is 6.33. The van der Waals surface area contributed by atoms with Crippen molar-refractivity contribution in [2.24, 2.45) is 5.92 Å². The maximum absolute atomic E-state index is 12.0. The molecule has 3 aromatic rings. The topological polar surface area (TPSA) is 29.5 Å². The van der Waals surface area contributed by atoms with Gasteiger partial charge in [-0.2, -0.15) is 0 Å².